The van der Waals surface area contributed by atoms with Gasteiger partial charge in [0.15, 0.2) is 0 Å². The van der Waals surface area contributed by atoms with E-state index in [1.54, 1.807) is 4.52 Å². The number of carbonyl (C=O) groups excluding carboxylic acids is 1. The van der Waals surface area contributed by atoms with Crippen LogP contribution in [0.3, 0.4) is 0 Å². The molecule has 144 valence electrons. The number of rotatable bonds is 4. The normalized spacial score (nSPS) is 12.1. The maximum Gasteiger partial charge on any atom is 0.252 e. The predicted octanol–water partition coefficient (Wildman–Crippen LogP) is 3.88. The molecule has 0 radical (unpaired) electrons. The van der Waals surface area contributed by atoms with Crippen LogP contribution in [0.1, 0.15) is 34.5 Å². The Morgan fingerprint density at radius 1 is 1.10 bits per heavy atom. The summed E-state index contributed by atoms with van der Waals surface area (Å²) in [4.78, 5) is 21.2. The first-order chi connectivity index (χ1) is 14.1. The summed E-state index contributed by atoms with van der Waals surface area (Å²) in [5.74, 6) is 0.588. The molecule has 0 bridgehead atoms. The minimum Gasteiger partial charge on any atom is -0.326 e. The highest BCUT2D eigenvalue weighted by molar-refractivity contribution is 5.92. The summed E-state index contributed by atoms with van der Waals surface area (Å²) in [7, 11) is 0. The van der Waals surface area contributed by atoms with E-state index in [1.165, 1.54) is 28.6 Å². The molecule has 1 aliphatic carbocycles. The zero-order valence-corrected chi connectivity index (χ0v) is 16.4. The van der Waals surface area contributed by atoms with Gasteiger partial charge in [0, 0.05) is 23.5 Å². The molecule has 2 heterocycles. The smallest absolute Gasteiger partial charge is 0.252 e. The van der Waals surface area contributed by atoms with Crippen molar-refractivity contribution >= 4 is 17.4 Å². The molecule has 2 aromatic heterocycles. The number of nitrogens with one attached hydrogen (secondary N) is 1. The number of anilines is 1. The highest BCUT2D eigenvalue weighted by Crippen LogP contribution is 2.37. The minimum absolute atomic E-state index is 0.00190. The first-order valence-electron chi connectivity index (χ1n) is 9.77. The van der Waals surface area contributed by atoms with Crippen molar-refractivity contribution in [2.45, 2.75) is 33.1 Å². The maximum absolute atomic E-state index is 12.6. The number of benzene rings is 2. The molecule has 5 rings (SSSR count). The van der Waals surface area contributed by atoms with Gasteiger partial charge in [-0.05, 0) is 66.6 Å². The number of aryl methyl sites for hydroxylation is 2. The molecule has 29 heavy (non-hydrogen) atoms. The molecule has 1 aliphatic rings. The number of hydrogen-bond acceptors (Lipinski definition) is 4. The molecular formula is C23H21N5O. The van der Waals surface area contributed by atoms with Crippen LogP contribution in [0.2, 0.25) is 0 Å². The summed E-state index contributed by atoms with van der Waals surface area (Å²) in [6.45, 7) is 3.94. The van der Waals surface area contributed by atoms with Crippen LogP contribution in [0.4, 0.5) is 5.69 Å². The number of fused-ring (bicyclic) bond motifs is 4. The molecule has 0 saturated carbocycles. The van der Waals surface area contributed by atoms with Gasteiger partial charge < -0.3 is 5.32 Å². The summed E-state index contributed by atoms with van der Waals surface area (Å²) in [6.07, 6.45) is 3.41. The Balaban J connectivity index is 1.29. The summed E-state index contributed by atoms with van der Waals surface area (Å²) in [5.41, 5.74) is 8.92. The number of nitrogens with zero attached hydrogens (tertiary/aromatic N) is 4. The first-order valence-corrected chi connectivity index (χ1v) is 9.77. The molecule has 0 saturated heterocycles. The van der Waals surface area contributed by atoms with Gasteiger partial charge >= 0.3 is 0 Å². The Bertz CT molecular complexity index is 1260. The van der Waals surface area contributed by atoms with E-state index in [0.717, 1.165) is 29.1 Å². The Labute approximate surface area is 168 Å². The van der Waals surface area contributed by atoms with Crippen LogP contribution in [-0.2, 0) is 17.6 Å². The molecule has 2 aromatic carbocycles. The second-order valence-corrected chi connectivity index (χ2v) is 7.49. The van der Waals surface area contributed by atoms with E-state index >= 15 is 0 Å². The first kappa shape index (κ1) is 17.6. The molecule has 0 aliphatic heterocycles. The molecule has 0 unspecified atom stereocenters. The van der Waals surface area contributed by atoms with Crippen molar-refractivity contribution in [3.05, 3.63) is 76.9 Å². The molecule has 4 aromatic rings. The van der Waals surface area contributed by atoms with Crippen molar-refractivity contribution in [2.75, 3.05) is 5.32 Å². The highest BCUT2D eigenvalue weighted by Gasteiger charge is 2.18. The molecule has 0 fully saturated rings. The van der Waals surface area contributed by atoms with E-state index in [-0.39, 0.29) is 5.91 Å². The van der Waals surface area contributed by atoms with Crippen molar-refractivity contribution in [1.82, 2.24) is 19.6 Å². The number of hydrogen-bond donors (Lipinski definition) is 1. The van der Waals surface area contributed by atoms with Crippen molar-refractivity contribution < 1.29 is 4.79 Å². The van der Waals surface area contributed by atoms with Crippen LogP contribution in [0.25, 0.3) is 16.9 Å². The number of carbonyl (C=O) groups is 1. The van der Waals surface area contributed by atoms with Gasteiger partial charge in [0.1, 0.15) is 6.33 Å². The monoisotopic (exact) mass is 383 g/mol. The number of aromatic nitrogens is 4. The molecule has 6 nitrogen and oxygen atoms in total. The van der Waals surface area contributed by atoms with Gasteiger partial charge in [0.2, 0.25) is 5.91 Å². The van der Waals surface area contributed by atoms with Crippen LogP contribution in [-0.4, -0.2) is 25.5 Å². The minimum atomic E-state index is -0.00190. The van der Waals surface area contributed by atoms with Crippen LogP contribution in [0, 0.1) is 13.8 Å². The standard InChI is InChI=1S/C23H21N5O/c1-14-19(15(2)28-23(26-14)24-13-25-28)9-10-22(29)27-18-7-8-21-17(12-18)11-16-5-3-4-6-20(16)21/h3-8,12-13H,9-11H2,1-2H3,(H,27,29). The van der Waals surface area contributed by atoms with Gasteiger partial charge in [-0.2, -0.15) is 10.1 Å². The lowest BCUT2D eigenvalue weighted by molar-refractivity contribution is -0.116. The third-order valence-electron chi connectivity index (χ3n) is 5.67. The van der Waals surface area contributed by atoms with Crippen molar-refractivity contribution in [2.24, 2.45) is 0 Å². The summed E-state index contributed by atoms with van der Waals surface area (Å²) in [5, 5.41) is 7.25. The average Bonchev–Trinajstić information content (AvgIpc) is 3.31. The third kappa shape index (κ3) is 3.06. The topological polar surface area (TPSA) is 72.2 Å². The van der Waals surface area contributed by atoms with Gasteiger partial charge in [-0.15, -0.1) is 0 Å². The molecule has 1 N–H and O–H groups in total. The van der Waals surface area contributed by atoms with E-state index < -0.39 is 0 Å². The maximum atomic E-state index is 12.6. The summed E-state index contributed by atoms with van der Waals surface area (Å²) in [6, 6.07) is 14.6. The molecular weight excluding hydrogens is 362 g/mol. The zero-order chi connectivity index (χ0) is 20.0. The third-order valence-corrected chi connectivity index (χ3v) is 5.67. The summed E-state index contributed by atoms with van der Waals surface area (Å²) < 4.78 is 1.72. The Morgan fingerprint density at radius 2 is 1.93 bits per heavy atom. The van der Waals surface area contributed by atoms with Crippen molar-refractivity contribution in [3.8, 4) is 11.1 Å². The lowest BCUT2D eigenvalue weighted by Gasteiger charge is -2.11. The molecule has 1 amide bonds. The summed E-state index contributed by atoms with van der Waals surface area (Å²) >= 11 is 0. The molecule has 0 spiro atoms. The van der Waals surface area contributed by atoms with Crippen molar-refractivity contribution in [3.63, 3.8) is 0 Å². The van der Waals surface area contributed by atoms with Crippen LogP contribution in [0.5, 0.6) is 0 Å². The fourth-order valence-corrected chi connectivity index (χ4v) is 4.20. The van der Waals surface area contributed by atoms with E-state index in [2.05, 4.69) is 56.8 Å². The predicted molar refractivity (Wildman–Crippen MR) is 112 cm³/mol. The quantitative estimate of drug-likeness (QED) is 0.511. The van der Waals surface area contributed by atoms with Crippen LogP contribution >= 0.6 is 0 Å². The molecule has 0 atom stereocenters. The highest BCUT2D eigenvalue weighted by atomic mass is 16.1. The van der Waals surface area contributed by atoms with Gasteiger partial charge in [0.05, 0.1) is 0 Å². The fraction of sp³-hybridized carbons (Fsp3) is 0.217. The lowest BCUT2D eigenvalue weighted by atomic mass is 10.0. The van der Waals surface area contributed by atoms with Crippen LogP contribution in [0.15, 0.2) is 48.8 Å². The average molecular weight is 383 g/mol. The van der Waals surface area contributed by atoms with Crippen molar-refractivity contribution in [1.29, 1.82) is 0 Å². The van der Waals surface area contributed by atoms with Gasteiger partial charge in [-0.3, -0.25) is 4.79 Å². The lowest BCUT2D eigenvalue weighted by Crippen LogP contribution is -2.14. The Hall–Kier alpha value is -3.54. The molecule has 6 heteroatoms. The fourth-order valence-electron chi connectivity index (χ4n) is 4.20. The zero-order valence-electron chi connectivity index (χ0n) is 16.4. The largest absolute Gasteiger partial charge is 0.326 e. The van der Waals surface area contributed by atoms with Crippen LogP contribution < -0.4 is 5.32 Å². The van der Waals surface area contributed by atoms with Gasteiger partial charge in [-0.1, -0.05) is 30.3 Å². The van der Waals surface area contributed by atoms with E-state index in [4.69, 9.17) is 0 Å². The second-order valence-electron chi connectivity index (χ2n) is 7.49. The van der Waals surface area contributed by atoms with Gasteiger partial charge in [0.25, 0.3) is 5.78 Å². The van der Waals surface area contributed by atoms with Gasteiger partial charge in [-0.25, -0.2) is 9.50 Å². The Kier molecular flexibility index (Phi) is 4.12. The SMILES string of the molecule is Cc1nc2ncnn2c(C)c1CCC(=O)Nc1ccc2c(c1)Cc1ccccc1-2. The number of amides is 1. The second kappa shape index (κ2) is 6.81. The Morgan fingerprint density at radius 3 is 2.83 bits per heavy atom. The van der Waals surface area contributed by atoms with E-state index in [9.17, 15) is 4.79 Å². The van der Waals surface area contributed by atoms with E-state index in [0.29, 0.717) is 18.6 Å². The van der Waals surface area contributed by atoms with E-state index in [1.807, 2.05) is 19.9 Å².